The molecule has 2 rings (SSSR count). The van der Waals surface area contributed by atoms with E-state index in [4.69, 9.17) is 11.6 Å². The summed E-state index contributed by atoms with van der Waals surface area (Å²) in [7, 11) is 0. The van der Waals surface area contributed by atoms with Crippen molar-refractivity contribution in [1.82, 2.24) is 10.2 Å². The number of nitrogens with zero attached hydrogens (tertiary/aromatic N) is 1. The minimum absolute atomic E-state index is 0.281. The molecule has 1 aliphatic rings. The first-order chi connectivity index (χ1) is 9.15. The minimum Gasteiger partial charge on any atom is -0.312 e. The molecule has 1 heterocycles. The normalized spacial score (nSPS) is 17.8. The molecule has 0 aliphatic carbocycles. The third-order valence-electron chi connectivity index (χ3n) is 3.59. The van der Waals surface area contributed by atoms with Crippen molar-refractivity contribution < 1.29 is 4.39 Å². The first-order valence-corrected chi connectivity index (χ1v) is 7.40. The van der Waals surface area contributed by atoms with Crippen LogP contribution >= 0.6 is 11.6 Å². The van der Waals surface area contributed by atoms with Gasteiger partial charge in [0.1, 0.15) is 5.82 Å². The Labute approximate surface area is 119 Å². The van der Waals surface area contributed by atoms with Gasteiger partial charge in [0.2, 0.25) is 0 Å². The van der Waals surface area contributed by atoms with E-state index < -0.39 is 0 Å². The number of likely N-dealkylation sites (tertiary alicyclic amines) is 1. The molecule has 1 aromatic rings. The van der Waals surface area contributed by atoms with E-state index in [1.54, 1.807) is 6.07 Å². The maximum atomic E-state index is 12.9. The van der Waals surface area contributed by atoms with Gasteiger partial charge in [-0.15, -0.1) is 0 Å². The summed E-state index contributed by atoms with van der Waals surface area (Å²) in [6.45, 7) is 7.57. The molecule has 0 bridgehead atoms. The highest BCUT2D eigenvalue weighted by atomic mass is 35.5. The van der Waals surface area contributed by atoms with Gasteiger partial charge < -0.3 is 10.2 Å². The SMILES string of the molecule is CC(CNCc1ccc(F)cc1Cl)CN1CCCC1. The van der Waals surface area contributed by atoms with E-state index in [2.05, 4.69) is 17.1 Å². The van der Waals surface area contributed by atoms with Gasteiger partial charge in [-0.25, -0.2) is 4.39 Å². The van der Waals surface area contributed by atoms with Gasteiger partial charge in [-0.05, 0) is 56.1 Å². The Hall–Kier alpha value is -0.640. The molecule has 1 N–H and O–H groups in total. The maximum absolute atomic E-state index is 12.9. The summed E-state index contributed by atoms with van der Waals surface area (Å²) < 4.78 is 12.9. The maximum Gasteiger partial charge on any atom is 0.124 e. The lowest BCUT2D eigenvalue weighted by Gasteiger charge is -2.20. The molecular weight excluding hydrogens is 263 g/mol. The van der Waals surface area contributed by atoms with Crippen molar-refractivity contribution in [2.45, 2.75) is 26.3 Å². The fourth-order valence-electron chi connectivity index (χ4n) is 2.59. The van der Waals surface area contributed by atoms with Crippen LogP contribution in [0.4, 0.5) is 4.39 Å². The van der Waals surface area contributed by atoms with Crippen LogP contribution in [0.1, 0.15) is 25.3 Å². The Morgan fingerprint density at radius 1 is 1.37 bits per heavy atom. The van der Waals surface area contributed by atoms with Crippen LogP contribution in [0.3, 0.4) is 0 Å². The van der Waals surface area contributed by atoms with Crippen molar-refractivity contribution in [1.29, 1.82) is 0 Å². The van der Waals surface area contributed by atoms with E-state index in [0.717, 1.165) is 18.7 Å². The van der Waals surface area contributed by atoms with E-state index in [0.29, 0.717) is 17.5 Å². The fraction of sp³-hybridized carbons (Fsp3) is 0.600. The quantitative estimate of drug-likeness (QED) is 0.862. The highest BCUT2D eigenvalue weighted by molar-refractivity contribution is 6.31. The molecule has 19 heavy (non-hydrogen) atoms. The Morgan fingerprint density at radius 3 is 2.79 bits per heavy atom. The molecule has 0 saturated carbocycles. The van der Waals surface area contributed by atoms with E-state index in [1.165, 1.54) is 38.1 Å². The van der Waals surface area contributed by atoms with E-state index in [-0.39, 0.29) is 5.82 Å². The third-order valence-corrected chi connectivity index (χ3v) is 3.94. The van der Waals surface area contributed by atoms with Crippen molar-refractivity contribution in [3.05, 3.63) is 34.6 Å². The molecule has 1 fully saturated rings. The molecule has 1 saturated heterocycles. The van der Waals surface area contributed by atoms with Crippen molar-refractivity contribution in [3.63, 3.8) is 0 Å². The summed E-state index contributed by atoms with van der Waals surface area (Å²) in [5, 5.41) is 3.90. The Bertz CT molecular complexity index is 405. The Kier molecular flexibility index (Phi) is 5.61. The Morgan fingerprint density at radius 2 is 2.11 bits per heavy atom. The van der Waals surface area contributed by atoms with Gasteiger partial charge in [0.15, 0.2) is 0 Å². The monoisotopic (exact) mass is 284 g/mol. The van der Waals surface area contributed by atoms with Crippen LogP contribution < -0.4 is 5.32 Å². The van der Waals surface area contributed by atoms with Crippen LogP contribution in [0.5, 0.6) is 0 Å². The van der Waals surface area contributed by atoms with E-state index in [9.17, 15) is 4.39 Å². The second-order valence-electron chi connectivity index (χ2n) is 5.48. The summed E-state index contributed by atoms with van der Waals surface area (Å²) in [4.78, 5) is 2.53. The first-order valence-electron chi connectivity index (χ1n) is 7.02. The van der Waals surface area contributed by atoms with Crippen LogP contribution in [0.25, 0.3) is 0 Å². The minimum atomic E-state index is -0.281. The topological polar surface area (TPSA) is 15.3 Å². The number of hydrogen-bond donors (Lipinski definition) is 1. The second kappa shape index (κ2) is 7.22. The van der Waals surface area contributed by atoms with Gasteiger partial charge >= 0.3 is 0 Å². The Balaban J connectivity index is 1.70. The van der Waals surface area contributed by atoms with Crippen LogP contribution in [-0.4, -0.2) is 31.1 Å². The average molecular weight is 285 g/mol. The molecule has 0 spiro atoms. The molecule has 4 heteroatoms. The zero-order chi connectivity index (χ0) is 13.7. The molecule has 1 aromatic carbocycles. The lowest BCUT2D eigenvalue weighted by Crippen LogP contribution is -2.31. The molecule has 106 valence electrons. The average Bonchev–Trinajstić information content (AvgIpc) is 2.84. The number of benzene rings is 1. The van der Waals surface area contributed by atoms with Gasteiger partial charge in [-0.1, -0.05) is 24.6 Å². The molecule has 1 unspecified atom stereocenters. The third kappa shape index (κ3) is 4.75. The number of rotatable bonds is 6. The predicted molar refractivity (Wildman–Crippen MR) is 78.0 cm³/mol. The van der Waals surface area contributed by atoms with Crippen LogP contribution in [0.15, 0.2) is 18.2 Å². The highest BCUT2D eigenvalue weighted by Crippen LogP contribution is 2.17. The van der Waals surface area contributed by atoms with Crippen molar-refractivity contribution in [2.24, 2.45) is 5.92 Å². The zero-order valence-corrected chi connectivity index (χ0v) is 12.2. The van der Waals surface area contributed by atoms with Crippen molar-refractivity contribution >= 4 is 11.6 Å². The van der Waals surface area contributed by atoms with Gasteiger partial charge in [-0.2, -0.15) is 0 Å². The van der Waals surface area contributed by atoms with Gasteiger partial charge in [0, 0.05) is 18.1 Å². The van der Waals surface area contributed by atoms with Gasteiger partial charge in [0.25, 0.3) is 0 Å². The predicted octanol–water partition coefficient (Wildman–Crippen LogP) is 3.30. The van der Waals surface area contributed by atoms with Gasteiger partial charge in [-0.3, -0.25) is 0 Å². The highest BCUT2D eigenvalue weighted by Gasteiger charge is 2.14. The van der Waals surface area contributed by atoms with Gasteiger partial charge in [0.05, 0.1) is 0 Å². The molecule has 0 amide bonds. The fourth-order valence-corrected chi connectivity index (χ4v) is 2.82. The largest absolute Gasteiger partial charge is 0.312 e. The van der Waals surface area contributed by atoms with E-state index in [1.807, 2.05) is 0 Å². The molecule has 2 nitrogen and oxygen atoms in total. The summed E-state index contributed by atoms with van der Waals surface area (Å²) in [6, 6.07) is 4.57. The lowest BCUT2D eigenvalue weighted by atomic mass is 10.1. The second-order valence-corrected chi connectivity index (χ2v) is 5.89. The molecule has 0 radical (unpaired) electrons. The van der Waals surface area contributed by atoms with Crippen molar-refractivity contribution in [3.8, 4) is 0 Å². The summed E-state index contributed by atoms with van der Waals surface area (Å²) in [5.41, 5.74) is 0.955. The number of hydrogen-bond acceptors (Lipinski definition) is 2. The number of nitrogens with one attached hydrogen (secondary N) is 1. The summed E-state index contributed by atoms with van der Waals surface area (Å²) >= 11 is 5.99. The molecule has 1 atom stereocenters. The smallest absolute Gasteiger partial charge is 0.124 e. The van der Waals surface area contributed by atoms with Crippen LogP contribution in [0, 0.1) is 11.7 Å². The molecule has 1 aliphatic heterocycles. The summed E-state index contributed by atoms with van der Waals surface area (Å²) in [6.07, 6.45) is 2.68. The van der Waals surface area contributed by atoms with E-state index >= 15 is 0 Å². The number of halogens is 2. The van der Waals surface area contributed by atoms with Crippen LogP contribution in [0.2, 0.25) is 5.02 Å². The summed E-state index contributed by atoms with van der Waals surface area (Å²) in [5.74, 6) is 0.341. The lowest BCUT2D eigenvalue weighted by molar-refractivity contribution is 0.282. The van der Waals surface area contributed by atoms with Crippen molar-refractivity contribution in [2.75, 3.05) is 26.2 Å². The standard InChI is InChI=1S/C15H22ClFN2/c1-12(11-19-6-2-3-7-19)9-18-10-13-4-5-14(17)8-15(13)16/h4-5,8,12,18H,2-3,6-7,9-11H2,1H3. The van der Waals surface area contributed by atoms with Crippen LogP contribution in [-0.2, 0) is 6.54 Å². The zero-order valence-electron chi connectivity index (χ0n) is 11.5. The molecular formula is C15H22ClFN2. The molecule has 0 aromatic heterocycles. The first kappa shape index (κ1) is 14.8.